The number of benzene rings is 1. The minimum absolute atomic E-state index is 0.164. The van der Waals surface area contributed by atoms with Gasteiger partial charge in [-0.15, -0.1) is 0 Å². The van der Waals surface area contributed by atoms with Crippen molar-refractivity contribution in [1.82, 2.24) is 20.5 Å². The van der Waals surface area contributed by atoms with Crippen LogP contribution in [0.15, 0.2) is 24.3 Å². The van der Waals surface area contributed by atoms with Crippen LogP contribution in [0.5, 0.6) is 5.75 Å². The number of rotatable bonds is 6. The molecule has 0 saturated carbocycles. The Hall–Kier alpha value is -2.37. The van der Waals surface area contributed by atoms with Crippen LogP contribution in [-0.4, -0.2) is 27.2 Å². The number of aromatic nitrogens is 3. The summed E-state index contributed by atoms with van der Waals surface area (Å²) in [4.78, 5) is 16.3. The highest BCUT2D eigenvalue weighted by Gasteiger charge is 2.19. The molecule has 2 rings (SSSR count). The molecule has 2 N–H and O–H groups in total. The number of nitrogens with one attached hydrogen (secondary N) is 2. The molecule has 1 atom stereocenters. The lowest BCUT2D eigenvalue weighted by Gasteiger charge is -2.18. The van der Waals surface area contributed by atoms with Crippen LogP contribution in [0, 0.1) is 13.8 Å². The first-order chi connectivity index (χ1) is 10.1. The van der Waals surface area contributed by atoms with Gasteiger partial charge < -0.3 is 10.1 Å². The standard InChI is InChI=1S/C15H20N4O2/c1-4-12(21-13-8-6-5-7-10(13)2)15(20)16-9-14-17-11(3)18-19-14/h5-8,12H,4,9H2,1-3H3,(H,16,20)(H,17,18,19)/t12-/m0/s1. The van der Waals surface area contributed by atoms with Crippen molar-refractivity contribution >= 4 is 5.91 Å². The van der Waals surface area contributed by atoms with Crippen molar-refractivity contribution in [3.63, 3.8) is 0 Å². The first kappa shape index (κ1) is 15.0. The minimum Gasteiger partial charge on any atom is -0.480 e. The van der Waals surface area contributed by atoms with E-state index in [0.29, 0.717) is 12.2 Å². The first-order valence-electron chi connectivity index (χ1n) is 6.98. The Labute approximate surface area is 123 Å². The van der Waals surface area contributed by atoms with Crippen LogP contribution in [0.1, 0.15) is 30.6 Å². The third kappa shape index (κ3) is 4.05. The molecule has 6 nitrogen and oxygen atoms in total. The van der Waals surface area contributed by atoms with Crippen LogP contribution in [0.2, 0.25) is 0 Å². The average molecular weight is 288 g/mol. The number of ether oxygens (including phenoxy) is 1. The molecule has 0 aliphatic carbocycles. The number of hydrogen-bond donors (Lipinski definition) is 2. The van der Waals surface area contributed by atoms with Gasteiger partial charge in [0.25, 0.3) is 5.91 Å². The van der Waals surface area contributed by atoms with Crippen LogP contribution >= 0.6 is 0 Å². The number of para-hydroxylation sites is 1. The summed E-state index contributed by atoms with van der Waals surface area (Å²) in [5.41, 5.74) is 1.01. The van der Waals surface area contributed by atoms with Gasteiger partial charge in [-0.1, -0.05) is 25.1 Å². The molecule has 1 amide bonds. The van der Waals surface area contributed by atoms with E-state index in [9.17, 15) is 4.79 Å². The molecular formula is C15H20N4O2. The lowest BCUT2D eigenvalue weighted by molar-refractivity contribution is -0.128. The molecule has 0 saturated heterocycles. The summed E-state index contributed by atoms with van der Waals surface area (Å²) in [6.45, 7) is 5.97. The van der Waals surface area contributed by atoms with Gasteiger partial charge in [-0.2, -0.15) is 5.10 Å². The van der Waals surface area contributed by atoms with E-state index in [2.05, 4.69) is 20.5 Å². The Balaban J connectivity index is 1.94. The number of H-pyrrole nitrogens is 1. The second-order valence-corrected chi connectivity index (χ2v) is 4.84. The highest BCUT2D eigenvalue weighted by molar-refractivity contribution is 5.81. The quantitative estimate of drug-likeness (QED) is 0.850. The van der Waals surface area contributed by atoms with Crippen molar-refractivity contribution in [3.8, 4) is 5.75 Å². The van der Waals surface area contributed by atoms with E-state index in [-0.39, 0.29) is 12.5 Å². The summed E-state index contributed by atoms with van der Waals surface area (Å²) in [5.74, 6) is 1.85. The maximum Gasteiger partial charge on any atom is 0.261 e. The van der Waals surface area contributed by atoms with E-state index in [1.54, 1.807) is 0 Å². The SMILES string of the molecule is CC[C@H](Oc1ccccc1C)C(=O)NCc1n[nH]c(C)n1. The van der Waals surface area contributed by atoms with Crippen molar-refractivity contribution in [3.05, 3.63) is 41.5 Å². The van der Waals surface area contributed by atoms with Gasteiger partial charge in [0.05, 0.1) is 6.54 Å². The van der Waals surface area contributed by atoms with E-state index in [4.69, 9.17) is 4.74 Å². The van der Waals surface area contributed by atoms with Crippen LogP contribution < -0.4 is 10.1 Å². The van der Waals surface area contributed by atoms with Gasteiger partial charge in [0, 0.05) is 0 Å². The molecule has 0 bridgehead atoms. The summed E-state index contributed by atoms with van der Waals surface area (Å²) in [7, 11) is 0. The van der Waals surface area contributed by atoms with Crippen molar-refractivity contribution in [2.75, 3.05) is 0 Å². The lowest BCUT2D eigenvalue weighted by atomic mass is 10.2. The van der Waals surface area contributed by atoms with E-state index in [1.165, 1.54) is 0 Å². The topological polar surface area (TPSA) is 79.9 Å². The minimum atomic E-state index is -0.522. The number of amides is 1. The molecule has 1 aromatic carbocycles. The molecule has 1 aromatic heterocycles. The number of carbonyl (C=O) groups is 1. The Bertz CT molecular complexity index is 609. The predicted molar refractivity (Wildman–Crippen MR) is 78.9 cm³/mol. The van der Waals surface area contributed by atoms with Crippen LogP contribution in [0.25, 0.3) is 0 Å². The lowest BCUT2D eigenvalue weighted by Crippen LogP contribution is -2.38. The van der Waals surface area contributed by atoms with E-state index >= 15 is 0 Å². The normalized spacial score (nSPS) is 12.0. The summed E-state index contributed by atoms with van der Waals surface area (Å²) in [5, 5.41) is 9.51. The maximum absolute atomic E-state index is 12.2. The smallest absolute Gasteiger partial charge is 0.261 e. The Morgan fingerprint density at radius 2 is 2.14 bits per heavy atom. The highest BCUT2D eigenvalue weighted by atomic mass is 16.5. The van der Waals surface area contributed by atoms with Crippen molar-refractivity contribution < 1.29 is 9.53 Å². The molecule has 0 fully saturated rings. The zero-order valence-corrected chi connectivity index (χ0v) is 12.5. The Morgan fingerprint density at radius 1 is 1.38 bits per heavy atom. The van der Waals surface area contributed by atoms with Crippen molar-refractivity contribution in [2.24, 2.45) is 0 Å². The first-order valence-corrected chi connectivity index (χ1v) is 6.98. The highest BCUT2D eigenvalue weighted by Crippen LogP contribution is 2.18. The molecule has 0 aliphatic heterocycles. The summed E-state index contributed by atoms with van der Waals surface area (Å²) >= 11 is 0. The second kappa shape index (κ2) is 6.88. The maximum atomic E-state index is 12.2. The molecule has 1 heterocycles. The molecule has 0 aliphatic rings. The third-order valence-corrected chi connectivity index (χ3v) is 3.09. The summed E-state index contributed by atoms with van der Waals surface area (Å²) in [6.07, 6.45) is 0.0684. The number of nitrogens with zero attached hydrogens (tertiary/aromatic N) is 2. The molecule has 2 aromatic rings. The number of aryl methyl sites for hydroxylation is 2. The van der Waals surface area contributed by atoms with Crippen molar-refractivity contribution in [1.29, 1.82) is 0 Å². The molecular weight excluding hydrogens is 268 g/mol. The van der Waals surface area contributed by atoms with E-state index in [1.807, 2.05) is 45.0 Å². The molecule has 0 unspecified atom stereocenters. The largest absolute Gasteiger partial charge is 0.480 e. The molecule has 21 heavy (non-hydrogen) atoms. The third-order valence-electron chi connectivity index (χ3n) is 3.09. The number of aromatic amines is 1. The van der Waals surface area contributed by atoms with E-state index < -0.39 is 6.10 Å². The fourth-order valence-electron chi connectivity index (χ4n) is 1.91. The Kier molecular flexibility index (Phi) is 4.92. The van der Waals surface area contributed by atoms with Gasteiger partial charge in [-0.25, -0.2) is 4.98 Å². The zero-order valence-electron chi connectivity index (χ0n) is 12.5. The van der Waals surface area contributed by atoms with Crippen LogP contribution in [-0.2, 0) is 11.3 Å². The van der Waals surface area contributed by atoms with Crippen LogP contribution in [0.3, 0.4) is 0 Å². The number of carbonyl (C=O) groups excluding carboxylic acids is 1. The molecule has 112 valence electrons. The van der Waals surface area contributed by atoms with Crippen molar-refractivity contribution in [2.45, 2.75) is 39.8 Å². The average Bonchev–Trinajstić information content (AvgIpc) is 2.89. The van der Waals surface area contributed by atoms with Gasteiger partial charge in [0.2, 0.25) is 0 Å². The fourth-order valence-corrected chi connectivity index (χ4v) is 1.91. The predicted octanol–water partition coefficient (Wildman–Crippen LogP) is 1.90. The van der Waals surface area contributed by atoms with Gasteiger partial charge in [0.15, 0.2) is 11.9 Å². The van der Waals surface area contributed by atoms with Gasteiger partial charge in [-0.3, -0.25) is 9.89 Å². The summed E-state index contributed by atoms with van der Waals surface area (Å²) in [6, 6.07) is 7.65. The van der Waals surface area contributed by atoms with Gasteiger partial charge >= 0.3 is 0 Å². The van der Waals surface area contributed by atoms with Gasteiger partial charge in [0.1, 0.15) is 11.6 Å². The van der Waals surface area contributed by atoms with Crippen LogP contribution in [0.4, 0.5) is 0 Å². The van der Waals surface area contributed by atoms with E-state index in [0.717, 1.165) is 17.1 Å². The number of hydrogen-bond acceptors (Lipinski definition) is 4. The second-order valence-electron chi connectivity index (χ2n) is 4.84. The molecule has 6 heteroatoms. The summed E-state index contributed by atoms with van der Waals surface area (Å²) < 4.78 is 5.79. The zero-order chi connectivity index (χ0) is 15.2. The fraction of sp³-hybridized carbons (Fsp3) is 0.400. The molecule has 0 radical (unpaired) electrons. The molecule has 0 spiro atoms. The van der Waals surface area contributed by atoms with Gasteiger partial charge in [-0.05, 0) is 31.9 Å². The monoisotopic (exact) mass is 288 g/mol. The Morgan fingerprint density at radius 3 is 2.76 bits per heavy atom.